The van der Waals surface area contributed by atoms with Crippen molar-refractivity contribution in [1.82, 2.24) is 10.3 Å². The van der Waals surface area contributed by atoms with Gasteiger partial charge in [-0.1, -0.05) is 41.9 Å². The van der Waals surface area contributed by atoms with E-state index in [0.29, 0.717) is 22.7 Å². The number of benzene rings is 3. The molecule has 0 spiro atoms. The minimum atomic E-state index is -4.75. The molecule has 0 saturated heterocycles. The highest BCUT2D eigenvalue weighted by Crippen LogP contribution is 2.33. The second-order valence-electron chi connectivity index (χ2n) is 9.46. The second-order valence-corrected chi connectivity index (χ2v) is 9.90. The fraction of sp³-hybridized carbons (Fsp3) is 0.200. The van der Waals surface area contributed by atoms with Crippen molar-refractivity contribution in [2.75, 3.05) is 23.3 Å². The normalized spacial score (nSPS) is 12.9. The summed E-state index contributed by atoms with van der Waals surface area (Å²) in [6, 6.07) is 20.6. The molecule has 10 heteroatoms. The van der Waals surface area contributed by atoms with E-state index in [1.54, 1.807) is 18.3 Å². The number of anilines is 2. The zero-order chi connectivity index (χ0) is 28.3. The number of nitrogens with zero attached hydrogens (tertiary/aromatic N) is 2. The summed E-state index contributed by atoms with van der Waals surface area (Å²) in [6.45, 7) is 4.56. The van der Waals surface area contributed by atoms with E-state index in [4.69, 9.17) is 11.6 Å². The fourth-order valence-corrected chi connectivity index (χ4v) is 4.70. The number of hydrogen-bond acceptors (Lipinski definition) is 5. The summed E-state index contributed by atoms with van der Waals surface area (Å²) in [5.41, 5.74) is 6.27. The molecular weight excluding hydrogens is 541 g/mol. The third-order valence-electron chi connectivity index (χ3n) is 6.65. The van der Waals surface area contributed by atoms with Crippen molar-refractivity contribution in [3.05, 3.63) is 106 Å². The summed E-state index contributed by atoms with van der Waals surface area (Å²) in [6.07, 6.45) is -2.94. The summed E-state index contributed by atoms with van der Waals surface area (Å²) in [7, 11) is 0. The number of alkyl halides is 3. The Morgan fingerprint density at radius 2 is 1.80 bits per heavy atom. The molecule has 0 unspecified atom stereocenters. The van der Waals surface area contributed by atoms with Gasteiger partial charge in [0.25, 0.3) is 5.91 Å². The minimum Gasteiger partial charge on any atom is -0.406 e. The molecule has 1 aliphatic rings. The van der Waals surface area contributed by atoms with Crippen LogP contribution in [0.2, 0.25) is 5.02 Å². The molecule has 0 bridgehead atoms. The van der Waals surface area contributed by atoms with Gasteiger partial charge >= 0.3 is 6.36 Å². The van der Waals surface area contributed by atoms with E-state index in [-0.39, 0.29) is 18.2 Å². The monoisotopic (exact) mass is 566 g/mol. The Labute approximate surface area is 234 Å². The molecule has 2 heterocycles. The summed E-state index contributed by atoms with van der Waals surface area (Å²) in [5.74, 6) is 0.218. The van der Waals surface area contributed by atoms with Crippen LogP contribution in [0.3, 0.4) is 0 Å². The van der Waals surface area contributed by atoms with E-state index in [2.05, 4.69) is 38.2 Å². The van der Waals surface area contributed by atoms with Gasteiger partial charge in [0.1, 0.15) is 11.6 Å². The van der Waals surface area contributed by atoms with Crippen molar-refractivity contribution < 1.29 is 22.7 Å². The molecular formula is C30H26ClF3N4O2. The van der Waals surface area contributed by atoms with Crippen LogP contribution in [0.25, 0.3) is 11.1 Å². The number of hydrogen-bond donors (Lipinski definition) is 2. The number of ether oxygens (including phenoxy) is 1. The van der Waals surface area contributed by atoms with Gasteiger partial charge in [-0.05, 0) is 71.6 Å². The Balaban J connectivity index is 1.25. The van der Waals surface area contributed by atoms with Gasteiger partial charge in [-0.3, -0.25) is 4.79 Å². The largest absolute Gasteiger partial charge is 0.573 e. The lowest BCUT2D eigenvalue weighted by Crippen LogP contribution is -2.34. The number of rotatable bonds is 7. The smallest absolute Gasteiger partial charge is 0.406 e. The van der Waals surface area contributed by atoms with Gasteiger partial charge in [0.15, 0.2) is 0 Å². The van der Waals surface area contributed by atoms with Crippen molar-refractivity contribution in [2.45, 2.75) is 26.4 Å². The van der Waals surface area contributed by atoms with Crippen molar-refractivity contribution in [3.63, 3.8) is 0 Å². The van der Waals surface area contributed by atoms with Crippen LogP contribution in [0, 0.1) is 6.92 Å². The first kappa shape index (κ1) is 27.3. The predicted octanol–water partition coefficient (Wildman–Crippen LogP) is 6.97. The van der Waals surface area contributed by atoms with E-state index in [0.717, 1.165) is 41.3 Å². The van der Waals surface area contributed by atoms with Crippen LogP contribution >= 0.6 is 11.6 Å². The van der Waals surface area contributed by atoms with E-state index in [1.807, 2.05) is 30.3 Å². The molecule has 1 aromatic heterocycles. The van der Waals surface area contributed by atoms with Gasteiger partial charge in [0.2, 0.25) is 0 Å². The summed E-state index contributed by atoms with van der Waals surface area (Å²) >= 11 is 6.24. The topological polar surface area (TPSA) is 66.5 Å². The quantitative estimate of drug-likeness (QED) is 0.253. The van der Waals surface area contributed by atoms with Gasteiger partial charge in [0, 0.05) is 48.5 Å². The lowest BCUT2D eigenvalue weighted by Gasteiger charge is -2.32. The highest BCUT2D eigenvalue weighted by Gasteiger charge is 2.31. The third kappa shape index (κ3) is 6.66. The van der Waals surface area contributed by atoms with Gasteiger partial charge in [-0.2, -0.15) is 0 Å². The zero-order valence-electron chi connectivity index (χ0n) is 21.6. The lowest BCUT2D eigenvalue weighted by atomic mass is 10.0. The van der Waals surface area contributed by atoms with Crippen molar-refractivity contribution in [3.8, 4) is 16.9 Å². The molecule has 1 amide bonds. The van der Waals surface area contributed by atoms with Crippen LogP contribution < -0.4 is 20.3 Å². The molecule has 3 aromatic carbocycles. The first-order chi connectivity index (χ1) is 19.1. The number of amides is 1. The van der Waals surface area contributed by atoms with E-state index in [9.17, 15) is 18.0 Å². The summed E-state index contributed by atoms with van der Waals surface area (Å²) in [5, 5.41) is 6.85. The molecule has 6 nitrogen and oxygen atoms in total. The number of nitrogens with one attached hydrogen (secondary N) is 2. The maximum atomic E-state index is 12.7. The number of fused-ring (bicyclic) bond motifs is 1. The van der Waals surface area contributed by atoms with Crippen molar-refractivity contribution in [1.29, 1.82) is 0 Å². The first-order valence-electron chi connectivity index (χ1n) is 12.6. The van der Waals surface area contributed by atoms with Crippen LogP contribution in [-0.4, -0.2) is 30.3 Å². The Bertz CT molecular complexity index is 1510. The SMILES string of the molecule is Cc1ccc(Cl)cc1CN1CCNc2ncc(-c3ccc(C(=O)NCc4ccc(OC(F)(F)F)cc4)cc3)cc21. The Morgan fingerprint density at radius 1 is 1.05 bits per heavy atom. The van der Waals surface area contributed by atoms with E-state index >= 15 is 0 Å². The number of aryl methyl sites for hydroxylation is 1. The van der Waals surface area contributed by atoms with Crippen LogP contribution in [0.15, 0.2) is 79.0 Å². The highest BCUT2D eigenvalue weighted by molar-refractivity contribution is 6.30. The molecule has 40 heavy (non-hydrogen) atoms. The van der Waals surface area contributed by atoms with Crippen LogP contribution in [0.4, 0.5) is 24.7 Å². The maximum absolute atomic E-state index is 12.7. The molecule has 0 atom stereocenters. The van der Waals surface area contributed by atoms with Crippen LogP contribution in [0.5, 0.6) is 5.75 Å². The number of aromatic nitrogens is 1. The van der Waals surface area contributed by atoms with E-state index in [1.165, 1.54) is 29.8 Å². The Morgan fingerprint density at radius 3 is 2.52 bits per heavy atom. The average Bonchev–Trinajstić information content (AvgIpc) is 2.94. The number of pyridine rings is 1. The molecule has 4 aromatic rings. The maximum Gasteiger partial charge on any atom is 0.573 e. The minimum absolute atomic E-state index is 0.163. The zero-order valence-corrected chi connectivity index (χ0v) is 22.3. The van der Waals surface area contributed by atoms with Gasteiger partial charge in [0.05, 0.1) is 5.69 Å². The van der Waals surface area contributed by atoms with Gasteiger partial charge in [-0.25, -0.2) is 4.98 Å². The van der Waals surface area contributed by atoms with Crippen LogP contribution in [0.1, 0.15) is 27.0 Å². The Kier molecular flexibility index (Phi) is 7.84. The summed E-state index contributed by atoms with van der Waals surface area (Å²) in [4.78, 5) is 19.6. The highest BCUT2D eigenvalue weighted by atomic mass is 35.5. The van der Waals surface area contributed by atoms with Crippen molar-refractivity contribution >= 4 is 29.0 Å². The average molecular weight is 567 g/mol. The number of carbonyl (C=O) groups is 1. The van der Waals surface area contributed by atoms with Crippen molar-refractivity contribution in [2.24, 2.45) is 0 Å². The van der Waals surface area contributed by atoms with Gasteiger partial charge in [-0.15, -0.1) is 13.2 Å². The predicted molar refractivity (Wildman–Crippen MR) is 150 cm³/mol. The molecule has 0 saturated carbocycles. The standard InChI is InChI=1S/C30H26ClF3N4O2/c1-19-2-9-25(31)14-24(19)18-38-13-12-35-28-27(38)15-23(17-36-28)21-5-7-22(8-6-21)29(39)37-16-20-3-10-26(11-4-20)40-30(32,33)34/h2-11,14-15,17H,12-13,16,18H2,1H3,(H,35,36)(H,37,39). The molecule has 0 aliphatic carbocycles. The molecule has 0 radical (unpaired) electrons. The molecule has 1 aliphatic heterocycles. The third-order valence-corrected chi connectivity index (χ3v) is 6.88. The summed E-state index contributed by atoms with van der Waals surface area (Å²) < 4.78 is 40.8. The number of halogens is 4. The lowest BCUT2D eigenvalue weighted by molar-refractivity contribution is -0.274. The second kappa shape index (κ2) is 11.5. The molecule has 5 rings (SSSR count). The molecule has 0 fully saturated rings. The first-order valence-corrected chi connectivity index (χ1v) is 13.0. The number of carbonyl (C=O) groups excluding carboxylic acids is 1. The fourth-order valence-electron chi connectivity index (χ4n) is 4.51. The molecule has 206 valence electrons. The van der Waals surface area contributed by atoms with E-state index < -0.39 is 6.36 Å². The van der Waals surface area contributed by atoms with Crippen LogP contribution in [-0.2, 0) is 13.1 Å². The van der Waals surface area contributed by atoms with Gasteiger partial charge < -0.3 is 20.3 Å². The molecule has 2 N–H and O–H groups in total. The Hall–Kier alpha value is -4.24.